The summed E-state index contributed by atoms with van der Waals surface area (Å²) in [4.78, 5) is 13.8. The molecule has 0 bridgehead atoms. The first-order valence-corrected chi connectivity index (χ1v) is 10.4. The fraction of sp³-hybridized carbons (Fsp3) is 0.375. The fourth-order valence-corrected chi connectivity index (χ4v) is 5.32. The molecule has 1 aromatic heterocycles. The average molecular weight is 439 g/mol. The van der Waals surface area contributed by atoms with Crippen LogP contribution in [0.25, 0.3) is 0 Å². The van der Waals surface area contributed by atoms with Gasteiger partial charge >= 0.3 is 6.03 Å². The monoisotopic (exact) mass is 437 g/mol. The van der Waals surface area contributed by atoms with Gasteiger partial charge in [-0.2, -0.15) is 9.78 Å². The van der Waals surface area contributed by atoms with Crippen LogP contribution in [-0.4, -0.2) is 42.2 Å². The van der Waals surface area contributed by atoms with Crippen molar-refractivity contribution < 1.29 is 13.2 Å². The Bertz CT molecular complexity index is 941. The van der Waals surface area contributed by atoms with Crippen LogP contribution < -0.4 is 0 Å². The number of halogens is 3. The molecule has 1 amide bonds. The topological polar surface area (TPSA) is 72.3 Å². The highest BCUT2D eigenvalue weighted by atomic mass is 35.5. The lowest BCUT2D eigenvalue weighted by Gasteiger charge is -2.17. The van der Waals surface area contributed by atoms with E-state index in [2.05, 4.69) is 5.10 Å². The van der Waals surface area contributed by atoms with Crippen molar-refractivity contribution in [3.8, 4) is 0 Å². The Morgan fingerprint density at radius 3 is 2.04 bits per heavy atom. The lowest BCUT2D eigenvalue weighted by atomic mass is 10.1. The van der Waals surface area contributed by atoms with Gasteiger partial charge in [-0.3, -0.25) is 0 Å². The van der Waals surface area contributed by atoms with E-state index >= 15 is 0 Å². The predicted octanol–water partition coefficient (Wildman–Crippen LogP) is 4.60. The maximum atomic E-state index is 13.1. The standard InChI is InChI=1S/C16H18Cl3N3O3S/c1-5-21(6-2)16(23)22-8-13(19)15(20-22)26(24,25)14-9(3)11(17)7-12(18)10(14)4/h7-8H,5-6H2,1-4H3. The van der Waals surface area contributed by atoms with Crippen molar-refractivity contribution in [2.75, 3.05) is 13.1 Å². The zero-order valence-corrected chi connectivity index (χ0v) is 17.8. The van der Waals surface area contributed by atoms with Gasteiger partial charge in [-0.15, -0.1) is 0 Å². The first-order valence-electron chi connectivity index (χ1n) is 7.80. The molecule has 142 valence electrons. The molecule has 0 aliphatic rings. The van der Waals surface area contributed by atoms with Gasteiger partial charge in [0.1, 0.15) is 0 Å². The molecule has 1 aromatic carbocycles. The first kappa shape index (κ1) is 21.0. The number of benzene rings is 1. The molecule has 0 spiro atoms. The summed E-state index contributed by atoms with van der Waals surface area (Å²) in [5.41, 5.74) is 0.684. The predicted molar refractivity (Wildman–Crippen MR) is 102 cm³/mol. The molecule has 0 unspecified atom stereocenters. The molecule has 0 atom stereocenters. The smallest absolute Gasteiger partial charge is 0.323 e. The Kier molecular flexibility index (Phi) is 6.28. The van der Waals surface area contributed by atoms with Crippen molar-refractivity contribution in [1.82, 2.24) is 14.7 Å². The van der Waals surface area contributed by atoms with E-state index in [0.29, 0.717) is 24.2 Å². The molecular weight excluding hydrogens is 421 g/mol. The molecule has 0 fully saturated rings. The Labute approximate surface area is 167 Å². The molecule has 10 heteroatoms. The van der Waals surface area contributed by atoms with Gasteiger partial charge < -0.3 is 4.90 Å². The minimum absolute atomic E-state index is 0.0579. The number of aromatic nitrogens is 2. The first-order chi connectivity index (χ1) is 12.1. The summed E-state index contributed by atoms with van der Waals surface area (Å²) in [7, 11) is -4.13. The summed E-state index contributed by atoms with van der Waals surface area (Å²) in [6.45, 7) is 7.68. The minimum atomic E-state index is -4.13. The van der Waals surface area contributed by atoms with E-state index in [-0.39, 0.29) is 20.0 Å². The van der Waals surface area contributed by atoms with Crippen LogP contribution in [0, 0.1) is 13.8 Å². The highest BCUT2D eigenvalue weighted by Gasteiger charge is 2.31. The van der Waals surface area contributed by atoms with Crippen LogP contribution in [0.3, 0.4) is 0 Å². The lowest BCUT2D eigenvalue weighted by Crippen LogP contribution is -2.34. The van der Waals surface area contributed by atoms with Gasteiger partial charge in [0.2, 0.25) is 14.9 Å². The third-order valence-corrected chi connectivity index (χ3v) is 7.18. The molecule has 0 saturated heterocycles. The maximum Gasteiger partial charge on any atom is 0.344 e. The summed E-state index contributed by atoms with van der Waals surface area (Å²) < 4.78 is 27.2. The van der Waals surface area contributed by atoms with Gasteiger partial charge in [0.15, 0.2) is 0 Å². The van der Waals surface area contributed by atoms with E-state index < -0.39 is 20.9 Å². The van der Waals surface area contributed by atoms with Crippen molar-refractivity contribution in [3.05, 3.63) is 38.5 Å². The van der Waals surface area contributed by atoms with Crippen LogP contribution in [0.2, 0.25) is 15.1 Å². The molecule has 0 aliphatic heterocycles. The molecule has 0 radical (unpaired) electrons. The number of amides is 1. The van der Waals surface area contributed by atoms with Gasteiger partial charge in [-0.25, -0.2) is 13.2 Å². The largest absolute Gasteiger partial charge is 0.344 e. The van der Waals surface area contributed by atoms with Crippen LogP contribution in [0.1, 0.15) is 25.0 Å². The second kappa shape index (κ2) is 7.76. The molecule has 0 N–H and O–H groups in total. The van der Waals surface area contributed by atoms with Crippen LogP contribution in [0.15, 0.2) is 22.2 Å². The van der Waals surface area contributed by atoms with E-state index in [0.717, 1.165) is 4.68 Å². The van der Waals surface area contributed by atoms with E-state index in [1.165, 1.54) is 17.2 Å². The molecule has 0 saturated carbocycles. The lowest BCUT2D eigenvalue weighted by molar-refractivity contribution is 0.201. The molecule has 26 heavy (non-hydrogen) atoms. The molecule has 2 aromatic rings. The van der Waals surface area contributed by atoms with Crippen molar-refractivity contribution in [2.45, 2.75) is 37.6 Å². The zero-order valence-electron chi connectivity index (χ0n) is 14.7. The average Bonchev–Trinajstić information content (AvgIpc) is 2.97. The van der Waals surface area contributed by atoms with E-state index in [9.17, 15) is 13.2 Å². The van der Waals surface area contributed by atoms with Crippen LogP contribution in [-0.2, 0) is 9.84 Å². The Morgan fingerprint density at radius 1 is 1.08 bits per heavy atom. The highest BCUT2D eigenvalue weighted by Crippen LogP contribution is 2.36. The SMILES string of the molecule is CCN(CC)C(=O)n1cc(Cl)c(S(=O)(=O)c2c(C)c(Cl)cc(Cl)c2C)n1. The highest BCUT2D eigenvalue weighted by molar-refractivity contribution is 7.91. The molecule has 2 rings (SSSR count). The fourth-order valence-electron chi connectivity index (χ4n) is 2.58. The summed E-state index contributed by atoms with van der Waals surface area (Å²) >= 11 is 18.3. The number of carbonyl (C=O) groups excluding carboxylic acids is 1. The van der Waals surface area contributed by atoms with Gasteiger partial charge in [0, 0.05) is 23.1 Å². The van der Waals surface area contributed by atoms with E-state index in [4.69, 9.17) is 34.8 Å². The van der Waals surface area contributed by atoms with E-state index in [1.807, 2.05) is 13.8 Å². The molecule has 1 heterocycles. The number of sulfone groups is 1. The van der Waals surface area contributed by atoms with E-state index in [1.54, 1.807) is 13.8 Å². The summed E-state index contributed by atoms with van der Waals surface area (Å²) in [6.07, 6.45) is 1.19. The molecule has 0 aliphatic carbocycles. The number of carbonyl (C=O) groups is 1. The van der Waals surface area contributed by atoms with Gasteiger partial charge in [-0.1, -0.05) is 34.8 Å². The second-order valence-electron chi connectivity index (χ2n) is 5.60. The summed E-state index contributed by atoms with van der Waals surface area (Å²) in [6, 6.07) is 1.02. The number of rotatable bonds is 4. The van der Waals surface area contributed by atoms with Crippen LogP contribution >= 0.6 is 34.8 Å². The molecule has 6 nitrogen and oxygen atoms in total. The van der Waals surface area contributed by atoms with Crippen molar-refractivity contribution >= 4 is 50.7 Å². The van der Waals surface area contributed by atoms with Crippen LogP contribution in [0.5, 0.6) is 0 Å². The van der Waals surface area contributed by atoms with Crippen molar-refractivity contribution in [3.63, 3.8) is 0 Å². The van der Waals surface area contributed by atoms with Gasteiger partial charge in [0.05, 0.1) is 16.1 Å². The normalized spacial score (nSPS) is 11.7. The molecular formula is C16H18Cl3N3O3S. The maximum absolute atomic E-state index is 13.1. The third-order valence-electron chi connectivity index (χ3n) is 4.04. The second-order valence-corrected chi connectivity index (χ2v) is 8.63. The summed E-state index contributed by atoms with van der Waals surface area (Å²) in [5.74, 6) is 0. The van der Waals surface area contributed by atoms with Gasteiger partial charge in [-0.05, 0) is 44.9 Å². The number of hydrogen-bond acceptors (Lipinski definition) is 4. The Morgan fingerprint density at radius 2 is 1.58 bits per heavy atom. The Balaban J connectivity index is 2.65. The van der Waals surface area contributed by atoms with Crippen molar-refractivity contribution in [1.29, 1.82) is 0 Å². The summed E-state index contributed by atoms with van der Waals surface area (Å²) in [5, 5.41) is 3.80. The number of nitrogens with zero attached hydrogens (tertiary/aromatic N) is 3. The van der Waals surface area contributed by atoms with Crippen molar-refractivity contribution in [2.24, 2.45) is 0 Å². The van der Waals surface area contributed by atoms with Gasteiger partial charge in [0.25, 0.3) is 0 Å². The quantitative estimate of drug-likeness (QED) is 0.699. The Hall–Kier alpha value is -1.28. The number of hydrogen-bond donors (Lipinski definition) is 0. The zero-order chi connectivity index (χ0) is 19.8. The minimum Gasteiger partial charge on any atom is -0.323 e. The van der Waals surface area contributed by atoms with Crippen LogP contribution in [0.4, 0.5) is 4.79 Å². The third kappa shape index (κ3) is 3.58.